The normalized spacial score (nSPS) is 13.5. The van der Waals surface area contributed by atoms with Gasteiger partial charge in [0.05, 0.1) is 6.10 Å². The number of carbonyl (C=O) groups excluding carboxylic acids is 2. The number of carbonyl (C=O) groups is 2. The van der Waals surface area contributed by atoms with Gasteiger partial charge in [-0.1, -0.05) is 38.1 Å². The van der Waals surface area contributed by atoms with E-state index < -0.39 is 24.0 Å². The molecule has 0 fully saturated rings. The molecule has 25 heavy (non-hydrogen) atoms. The van der Waals surface area contributed by atoms with Crippen LogP contribution in [-0.2, 0) is 4.79 Å². The van der Waals surface area contributed by atoms with E-state index in [0.717, 1.165) is 5.39 Å². The van der Waals surface area contributed by atoms with Crippen molar-refractivity contribution in [2.24, 2.45) is 5.92 Å². The molecule has 2 amide bonds. The molecule has 1 heterocycles. The third kappa shape index (κ3) is 5.00. The molecule has 2 atom stereocenters. The summed E-state index contributed by atoms with van der Waals surface area (Å²) in [6.07, 6.45) is 1.22. The lowest BCUT2D eigenvalue weighted by atomic mass is 10.1. The van der Waals surface area contributed by atoms with Crippen molar-refractivity contribution in [3.63, 3.8) is 0 Å². The van der Waals surface area contributed by atoms with Crippen LogP contribution < -0.4 is 10.6 Å². The SMILES string of the molecule is CC(C)C[CH]NC(=O)[C@@H](NC(=O)c1nccc2ccccc12)[C@@H](C)O. The highest BCUT2D eigenvalue weighted by Gasteiger charge is 2.27. The van der Waals surface area contributed by atoms with Gasteiger partial charge in [-0.25, -0.2) is 0 Å². The first-order valence-electron chi connectivity index (χ1n) is 8.35. The fraction of sp³-hybridized carbons (Fsp3) is 0.368. The van der Waals surface area contributed by atoms with E-state index in [1.54, 1.807) is 18.8 Å². The number of hydrogen-bond acceptors (Lipinski definition) is 4. The van der Waals surface area contributed by atoms with Gasteiger partial charge in [0.2, 0.25) is 5.91 Å². The van der Waals surface area contributed by atoms with Crippen molar-refractivity contribution >= 4 is 22.6 Å². The zero-order chi connectivity index (χ0) is 18.4. The van der Waals surface area contributed by atoms with E-state index in [4.69, 9.17) is 0 Å². The lowest BCUT2D eigenvalue weighted by Crippen LogP contribution is -2.52. The van der Waals surface area contributed by atoms with Crippen molar-refractivity contribution in [2.45, 2.75) is 39.3 Å². The first kappa shape index (κ1) is 18.9. The Labute approximate surface area is 147 Å². The number of fused-ring (bicyclic) bond motifs is 1. The number of benzene rings is 1. The molecule has 0 aliphatic heterocycles. The Bertz CT molecular complexity index is 738. The van der Waals surface area contributed by atoms with Crippen LogP contribution in [0, 0.1) is 12.5 Å². The van der Waals surface area contributed by atoms with E-state index in [-0.39, 0.29) is 5.69 Å². The average molecular weight is 342 g/mol. The number of rotatable bonds is 7. The summed E-state index contributed by atoms with van der Waals surface area (Å²) in [4.78, 5) is 29.0. The van der Waals surface area contributed by atoms with Crippen LogP contribution >= 0.6 is 0 Å². The predicted molar refractivity (Wildman–Crippen MR) is 96.6 cm³/mol. The molecule has 1 radical (unpaired) electrons. The second-order valence-electron chi connectivity index (χ2n) is 6.41. The smallest absolute Gasteiger partial charge is 0.271 e. The van der Waals surface area contributed by atoms with Gasteiger partial charge in [0.25, 0.3) is 5.91 Å². The van der Waals surface area contributed by atoms with E-state index in [1.165, 1.54) is 6.92 Å². The summed E-state index contributed by atoms with van der Waals surface area (Å²) in [6.45, 7) is 7.17. The zero-order valence-corrected chi connectivity index (χ0v) is 14.7. The van der Waals surface area contributed by atoms with E-state index in [2.05, 4.69) is 15.6 Å². The Kier molecular flexibility index (Phi) is 6.47. The van der Waals surface area contributed by atoms with Gasteiger partial charge in [-0.05, 0) is 30.7 Å². The largest absolute Gasteiger partial charge is 0.391 e. The second kappa shape index (κ2) is 8.58. The van der Waals surface area contributed by atoms with Crippen molar-refractivity contribution < 1.29 is 14.7 Å². The Balaban J connectivity index is 2.13. The molecular formula is C19H24N3O3. The average Bonchev–Trinajstić information content (AvgIpc) is 2.58. The topological polar surface area (TPSA) is 91.3 Å². The molecule has 0 saturated carbocycles. The Hall–Kier alpha value is -2.47. The van der Waals surface area contributed by atoms with E-state index in [1.807, 2.05) is 38.1 Å². The zero-order valence-electron chi connectivity index (χ0n) is 14.7. The van der Waals surface area contributed by atoms with Crippen molar-refractivity contribution in [3.8, 4) is 0 Å². The Morgan fingerprint density at radius 1 is 1.20 bits per heavy atom. The molecule has 3 N–H and O–H groups in total. The van der Waals surface area contributed by atoms with Crippen molar-refractivity contribution in [2.75, 3.05) is 0 Å². The molecule has 6 heteroatoms. The summed E-state index contributed by atoms with van der Waals surface area (Å²) >= 11 is 0. The van der Waals surface area contributed by atoms with Gasteiger partial charge in [-0.2, -0.15) is 0 Å². The number of aromatic nitrogens is 1. The van der Waals surface area contributed by atoms with Gasteiger partial charge in [-0.3, -0.25) is 14.6 Å². The van der Waals surface area contributed by atoms with Gasteiger partial charge in [-0.15, -0.1) is 0 Å². The van der Waals surface area contributed by atoms with Crippen LogP contribution in [-0.4, -0.2) is 34.1 Å². The van der Waals surface area contributed by atoms with Gasteiger partial charge in [0.15, 0.2) is 0 Å². The Morgan fingerprint density at radius 2 is 1.92 bits per heavy atom. The van der Waals surface area contributed by atoms with Crippen LogP contribution in [0.5, 0.6) is 0 Å². The molecule has 2 aromatic rings. The number of aliphatic hydroxyl groups excluding tert-OH is 1. The highest BCUT2D eigenvalue weighted by Crippen LogP contribution is 2.16. The van der Waals surface area contributed by atoms with E-state index >= 15 is 0 Å². The quantitative estimate of drug-likeness (QED) is 0.718. The second-order valence-corrected chi connectivity index (χ2v) is 6.41. The number of aliphatic hydroxyl groups is 1. The lowest BCUT2D eigenvalue weighted by Gasteiger charge is -2.21. The summed E-state index contributed by atoms with van der Waals surface area (Å²) in [6, 6.07) is 8.13. The summed E-state index contributed by atoms with van der Waals surface area (Å²) in [5.41, 5.74) is 0.225. The number of nitrogens with zero attached hydrogens (tertiary/aromatic N) is 1. The molecule has 1 aromatic heterocycles. The highest BCUT2D eigenvalue weighted by atomic mass is 16.3. The van der Waals surface area contributed by atoms with Crippen LogP contribution in [0.2, 0.25) is 0 Å². The number of nitrogens with one attached hydrogen (secondary N) is 2. The molecule has 2 rings (SSSR count). The molecule has 133 valence electrons. The van der Waals surface area contributed by atoms with Crippen molar-refractivity contribution in [1.82, 2.24) is 15.6 Å². The monoisotopic (exact) mass is 342 g/mol. The van der Waals surface area contributed by atoms with Gasteiger partial charge in [0, 0.05) is 18.1 Å². The summed E-state index contributed by atoms with van der Waals surface area (Å²) in [7, 11) is 0. The van der Waals surface area contributed by atoms with Crippen LogP contribution in [0.3, 0.4) is 0 Å². The first-order chi connectivity index (χ1) is 11.9. The minimum absolute atomic E-state index is 0.225. The van der Waals surface area contributed by atoms with Crippen LogP contribution in [0.15, 0.2) is 36.5 Å². The maximum Gasteiger partial charge on any atom is 0.271 e. The molecule has 0 aliphatic carbocycles. The van der Waals surface area contributed by atoms with E-state index in [0.29, 0.717) is 17.7 Å². The Morgan fingerprint density at radius 3 is 2.60 bits per heavy atom. The maximum atomic E-state index is 12.6. The van der Waals surface area contributed by atoms with Crippen LogP contribution in [0.25, 0.3) is 10.8 Å². The number of pyridine rings is 1. The summed E-state index contributed by atoms with van der Waals surface area (Å²) in [5, 5.41) is 16.7. The molecule has 0 spiro atoms. The molecule has 0 aliphatic rings. The predicted octanol–water partition coefficient (Wildman–Crippen LogP) is 2.04. The molecule has 0 saturated heterocycles. The molecule has 1 aromatic carbocycles. The number of hydrogen-bond donors (Lipinski definition) is 3. The lowest BCUT2D eigenvalue weighted by molar-refractivity contribution is -0.124. The molecule has 0 bridgehead atoms. The maximum absolute atomic E-state index is 12.6. The third-order valence-electron chi connectivity index (χ3n) is 3.77. The fourth-order valence-electron chi connectivity index (χ4n) is 2.40. The highest BCUT2D eigenvalue weighted by molar-refractivity contribution is 6.06. The van der Waals surface area contributed by atoms with Gasteiger partial charge in [0.1, 0.15) is 11.7 Å². The standard InChI is InChI=1S/C19H24N3O3/c1-12(2)8-10-21-18(24)16(13(3)23)22-19(25)17-15-7-5-4-6-14(15)9-11-20-17/h4-7,9-13,16,23H,8H2,1-3H3,(H,21,24)(H,22,25)/t13-,16+/m1/s1. The van der Waals surface area contributed by atoms with Crippen LogP contribution in [0.1, 0.15) is 37.7 Å². The minimum Gasteiger partial charge on any atom is -0.391 e. The summed E-state index contributed by atoms with van der Waals surface area (Å²) < 4.78 is 0. The number of amides is 2. The summed E-state index contributed by atoms with van der Waals surface area (Å²) in [5.74, 6) is -0.550. The molecule has 6 nitrogen and oxygen atoms in total. The molecular weight excluding hydrogens is 318 g/mol. The van der Waals surface area contributed by atoms with E-state index in [9.17, 15) is 14.7 Å². The molecule has 0 unspecified atom stereocenters. The van der Waals surface area contributed by atoms with Crippen molar-refractivity contribution in [3.05, 3.63) is 48.8 Å². The minimum atomic E-state index is -1.06. The van der Waals surface area contributed by atoms with Crippen molar-refractivity contribution in [1.29, 1.82) is 0 Å². The first-order valence-corrected chi connectivity index (χ1v) is 8.35. The van der Waals surface area contributed by atoms with Gasteiger partial charge >= 0.3 is 0 Å². The fourth-order valence-corrected chi connectivity index (χ4v) is 2.40. The van der Waals surface area contributed by atoms with Crippen LogP contribution in [0.4, 0.5) is 0 Å². The third-order valence-corrected chi connectivity index (χ3v) is 3.77. The van der Waals surface area contributed by atoms with Gasteiger partial charge < -0.3 is 15.7 Å².